The Hall–Kier alpha value is -6.52. The van der Waals surface area contributed by atoms with Crippen LogP contribution >= 0.6 is 0 Å². The number of fused-ring (bicyclic) bond motifs is 8. The lowest BCUT2D eigenvalue weighted by molar-refractivity contribution is 1.37. The van der Waals surface area contributed by atoms with Crippen LogP contribution in [0.2, 0.25) is 0 Å². The Bertz CT molecular complexity index is 2900. The van der Waals surface area contributed by atoms with Crippen molar-refractivity contribution in [3.05, 3.63) is 158 Å². The lowest BCUT2D eigenvalue weighted by Crippen LogP contribution is -1.92. The average molecular weight is 611 g/mol. The zero-order chi connectivity index (χ0) is 31.6. The second kappa shape index (κ2) is 10.5. The smallest absolute Gasteiger partial charge is 0.0978 e. The van der Waals surface area contributed by atoms with Crippen molar-refractivity contribution in [2.45, 2.75) is 0 Å². The number of aromatic nitrogens is 4. The molecule has 0 atom stereocenters. The largest absolute Gasteiger partial charge is 0.254 e. The van der Waals surface area contributed by atoms with E-state index in [2.05, 4.69) is 121 Å². The van der Waals surface area contributed by atoms with Gasteiger partial charge in [-0.25, -0.2) is 15.0 Å². The van der Waals surface area contributed by atoms with Crippen molar-refractivity contribution in [3.63, 3.8) is 0 Å². The molecule has 0 bridgehead atoms. The highest BCUT2D eigenvalue weighted by atomic mass is 14.8. The third-order valence-electron chi connectivity index (χ3n) is 9.44. The van der Waals surface area contributed by atoms with E-state index in [0.717, 1.165) is 88.0 Å². The summed E-state index contributed by atoms with van der Waals surface area (Å²) in [6.45, 7) is 0. The molecular weight excluding hydrogens is 585 g/mol. The van der Waals surface area contributed by atoms with Gasteiger partial charge in [0.1, 0.15) is 0 Å². The predicted octanol–water partition coefficient (Wildman–Crippen LogP) is 11.2. The Balaban J connectivity index is 1.11. The van der Waals surface area contributed by atoms with Crippen LogP contribution in [0.15, 0.2) is 158 Å². The van der Waals surface area contributed by atoms with Gasteiger partial charge >= 0.3 is 0 Å². The van der Waals surface area contributed by atoms with Crippen molar-refractivity contribution in [1.82, 2.24) is 19.9 Å². The lowest BCUT2D eigenvalue weighted by atomic mass is 9.93. The Labute approximate surface area is 276 Å². The highest BCUT2D eigenvalue weighted by Crippen LogP contribution is 2.39. The second-order valence-corrected chi connectivity index (χ2v) is 12.3. The number of benzene rings is 6. The molecule has 0 amide bonds. The van der Waals surface area contributed by atoms with E-state index in [-0.39, 0.29) is 0 Å². The quantitative estimate of drug-likeness (QED) is 0.147. The van der Waals surface area contributed by atoms with Crippen molar-refractivity contribution >= 4 is 65.3 Å². The van der Waals surface area contributed by atoms with Gasteiger partial charge in [0, 0.05) is 49.8 Å². The number of para-hydroxylation sites is 1. The fourth-order valence-corrected chi connectivity index (χ4v) is 7.06. The first-order valence-electron chi connectivity index (χ1n) is 16.1. The minimum atomic E-state index is 0.914. The van der Waals surface area contributed by atoms with E-state index >= 15 is 0 Å². The summed E-state index contributed by atoms with van der Waals surface area (Å²) < 4.78 is 0. The number of hydrogen-bond donors (Lipinski definition) is 0. The van der Waals surface area contributed by atoms with Crippen molar-refractivity contribution in [2.24, 2.45) is 0 Å². The molecule has 0 unspecified atom stereocenters. The summed E-state index contributed by atoms with van der Waals surface area (Å²) in [4.78, 5) is 20.1. The van der Waals surface area contributed by atoms with Gasteiger partial charge in [-0.15, -0.1) is 0 Å². The third kappa shape index (κ3) is 4.24. The molecule has 10 aromatic rings. The monoisotopic (exact) mass is 610 g/mol. The van der Waals surface area contributed by atoms with Gasteiger partial charge in [0.25, 0.3) is 0 Å². The van der Waals surface area contributed by atoms with Crippen LogP contribution in [0, 0.1) is 0 Å². The van der Waals surface area contributed by atoms with E-state index in [1.165, 1.54) is 10.9 Å². The molecule has 0 aliphatic heterocycles. The highest BCUT2D eigenvalue weighted by Gasteiger charge is 2.15. The molecule has 0 saturated heterocycles. The number of hydrogen-bond acceptors (Lipinski definition) is 4. The normalized spacial score (nSPS) is 11.8. The summed E-state index contributed by atoms with van der Waals surface area (Å²) in [6.07, 6.45) is 1.84. The number of rotatable bonds is 3. The Morgan fingerprint density at radius 3 is 1.73 bits per heavy atom. The fraction of sp³-hybridized carbons (Fsp3) is 0. The standard InChI is InChI=1S/C44H26N4/c1-2-7-27(8-3-1)37-22-19-29-12-13-30-20-23-38(47-43(30)42(29)46-37)33-16-14-32-26-34(17-15-31(32)25-33)40-35-10-4-5-11-39(35)48-44-36(40)21-18-28-9-6-24-45-41(28)44/h1-26H. The van der Waals surface area contributed by atoms with E-state index in [1.54, 1.807) is 0 Å². The minimum Gasteiger partial charge on any atom is -0.254 e. The van der Waals surface area contributed by atoms with Crippen LogP contribution in [0.3, 0.4) is 0 Å². The van der Waals surface area contributed by atoms with Crippen LogP contribution < -0.4 is 0 Å². The summed E-state index contributed by atoms with van der Waals surface area (Å²) in [5, 5.41) is 7.82. The van der Waals surface area contributed by atoms with Gasteiger partial charge in [0.2, 0.25) is 0 Å². The SMILES string of the molecule is c1ccc(-c2ccc3ccc4ccc(-c5ccc6cc(-c7c8ccccc8nc8c7ccc7cccnc78)ccc6c5)nc4c3n2)cc1. The molecule has 0 N–H and O–H groups in total. The summed E-state index contributed by atoms with van der Waals surface area (Å²) >= 11 is 0. The van der Waals surface area contributed by atoms with Crippen LogP contribution in [0.4, 0.5) is 0 Å². The number of pyridine rings is 4. The number of nitrogens with zero attached hydrogens (tertiary/aromatic N) is 4. The van der Waals surface area contributed by atoms with Crippen LogP contribution in [0.25, 0.3) is 98.9 Å². The van der Waals surface area contributed by atoms with Gasteiger partial charge in [-0.1, -0.05) is 115 Å². The molecule has 10 rings (SSSR count). The molecule has 6 aromatic carbocycles. The van der Waals surface area contributed by atoms with Crippen molar-refractivity contribution in [2.75, 3.05) is 0 Å². The Morgan fingerprint density at radius 2 is 0.938 bits per heavy atom. The van der Waals surface area contributed by atoms with Gasteiger partial charge in [-0.05, 0) is 52.7 Å². The molecule has 0 aliphatic carbocycles. The van der Waals surface area contributed by atoms with E-state index in [1.807, 2.05) is 36.5 Å². The molecule has 0 fully saturated rings. The molecule has 4 heterocycles. The maximum Gasteiger partial charge on any atom is 0.0978 e. The Kier molecular flexibility index (Phi) is 5.84. The van der Waals surface area contributed by atoms with E-state index in [9.17, 15) is 0 Å². The van der Waals surface area contributed by atoms with Gasteiger partial charge in [-0.3, -0.25) is 4.98 Å². The highest BCUT2D eigenvalue weighted by molar-refractivity contribution is 6.16. The first-order chi connectivity index (χ1) is 23.8. The minimum absolute atomic E-state index is 0.914. The molecule has 4 heteroatoms. The second-order valence-electron chi connectivity index (χ2n) is 12.3. The summed E-state index contributed by atoms with van der Waals surface area (Å²) in [7, 11) is 0. The molecule has 0 saturated carbocycles. The van der Waals surface area contributed by atoms with Crippen LogP contribution in [0.5, 0.6) is 0 Å². The summed E-state index contributed by atoms with van der Waals surface area (Å²) in [5.41, 5.74) is 11.0. The molecular formula is C44H26N4. The molecule has 48 heavy (non-hydrogen) atoms. The molecule has 0 spiro atoms. The lowest BCUT2D eigenvalue weighted by Gasteiger charge is -2.14. The Morgan fingerprint density at radius 1 is 0.333 bits per heavy atom. The maximum atomic E-state index is 5.20. The molecule has 4 aromatic heterocycles. The van der Waals surface area contributed by atoms with Crippen molar-refractivity contribution in [3.8, 4) is 33.6 Å². The zero-order valence-corrected chi connectivity index (χ0v) is 25.8. The first-order valence-corrected chi connectivity index (χ1v) is 16.1. The third-order valence-corrected chi connectivity index (χ3v) is 9.44. The van der Waals surface area contributed by atoms with Crippen LogP contribution in [-0.2, 0) is 0 Å². The first kappa shape index (κ1) is 26.7. The molecule has 4 nitrogen and oxygen atoms in total. The fourth-order valence-electron chi connectivity index (χ4n) is 7.06. The maximum absolute atomic E-state index is 5.20. The zero-order valence-electron chi connectivity index (χ0n) is 25.8. The van der Waals surface area contributed by atoms with Gasteiger partial charge < -0.3 is 0 Å². The van der Waals surface area contributed by atoms with Crippen molar-refractivity contribution in [1.29, 1.82) is 0 Å². The summed E-state index contributed by atoms with van der Waals surface area (Å²) in [5.74, 6) is 0. The molecule has 0 aliphatic rings. The van der Waals surface area contributed by atoms with Crippen molar-refractivity contribution < 1.29 is 0 Å². The van der Waals surface area contributed by atoms with Gasteiger partial charge in [0.15, 0.2) is 0 Å². The van der Waals surface area contributed by atoms with E-state index in [0.29, 0.717) is 0 Å². The van der Waals surface area contributed by atoms with Gasteiger partial charge in [0.05, 0.1) is 39.0 Å². The molecule has 0 radical (unpaired) electrons. The summed E-state index contributed by atoms with van der Waals surface area (Å²) in [6, 6.07) is 53.2. The average Bonchev–Trinajstić information content (AvgIpc) is 3.16. The van der Waals surface area contributed by atoms with Crippen LogP contribution in [0.1, 0.15) is 0 Å². The topological polar surface area (TPSA) is 51.6 Å². The van der Waals surface area contributed by atoms with E-state index < -0.39 is 0 Å². The molecule has 222 valence electrons. The van der Waals surface area contributed by atoms with Gasteiger partial charge in [-0.2, -0.15) is 0 Å². The predicted molar refractivity (Wildman–Crippen MR) is 199 cm³/mol. The van der Waals surface area contributed by atoms with Crippen LogP contribution in [-0.4, -0.2) is 19.9 Å². The van der Waals surface area contributed by atoms with E-state index in [4.69, 9.17) is 19.9 Å².